The van der Waals surface area contributed by atoms with Crippen LogP contribution in [0.2, 0.25) is 0 Å². The van der Waals surface area contributed by atoms with Crippen LogP contribution in [0.25, 0.3) is 0 Å². The molecule has 0 saturated heterocycles. The van der Waals surface area contributed by atoms with E-state index >= 15 is 0 Å². The molecule has 9 atom stereocenters. The molecule has 1 spiro atoms. The van der Waals surface area contributed by atoms with E-state index in [4.69, 9.17) is 0 Å². The van der Waals surface area contributed by atoms with Crippen molar-refractivity contribution in [3.8, 4) is 0 Å². The normalized spacial score (nSPS) is 51.0. The molecule has 4 rings (SSSR count). The number of unbranched alkanes of at least 4 members (excludes halogenated alkanes) is 1. The second-order valence-corrected chi connectivity index (χ2v) is 13.0. The molecule has 28 heavy (non-hydrogen) atoms. The molecule has 0 aromatic heterocycles. The lowest BCUT2D eigenvalue weighted by Crippen LogP contribution is -2.55. The molecule has 0 amide bonds. The Kier molecular flexibility index (Phi) is 5.77. The molecule has 9 unspecified atom stereocenters. The number of fused-ring (bicyclic) bond motifs is 1. The summed E-state index contributed by atoms with van der Waals surface area (Å²) in [6.07, 6.45) is 19.6. The van der Waals surface area contributed by atoms with Gasteiger partial charge in [-0.1, -0.05) is 86.5 Å². The first-order valence-corrected chi connectivity index (χ1v) is 13.3. The zero-order valence-corrected chi connectivity index (χ0v) is 20.2. The third kappa shape index (κ3) is 3.13. The smallest absolute Gasteiger partial charge is 0.0202 e. The summed E-state index contributed by atoms with van der Waals surface area (Å²) < 4.78 is 0. The van der Waals surface area contributed by atoms with Crippen LogP contribution in [0.15, 0.2) is 0 Å². The van der Waals surface area contributed by atoms with E-state index in [1.807, 2.05) is 0 Å². The summed E-state index contributed by atoms with van der Waals surface area (Å²) in [6.45, 7) is 15.5. The van der Waals surface area contributed by atoms with Crippen LogP contribution in [0.1, 0.15) is 125 Å². The monoisotopic (exact) mass is 386 g/mol. The summed E-state index contributed by atoms with van der Waals surface area (Å²) in [5.41, 5.74) is 2.04. The number of hydrogen-bond donors (Lipinski definition) is 0. The molecule has 0 aromatic carbocycles. The third-order valence-corrected chi connectivity index (χ3v) is 11.1. The first-order valence-electron chi connectivity index (χ1n) is 13.3. The van der Waals surface area contributed by atoms with Crippen LogP contribution < -0.4 is 0 Å². The van der Waals surface area contributed by atoms with E-state index in [0.717, 1.165) is 35.5 Å². The SMILES string of the molecule is CCCCC(C)CCCC1CCC2(C1)CC1(C)CC(C)C1C2(C)C1CCC1C. The lowest BCUT2D eigenvalue weighted by atomic mass is 9.43. The van der Waals surface area contributed by atoms with Gasteiger partial charge in [0.1, 0.15) is 0 Å². The standard InChI is InChI=1S/C28H50/c1-7-8-10-20(2)11-9-12-23-15-16-28(18-23)19-26(5)17-22(4)25(26)27(28,6)24-14-13-21(24)3/h20-25H,7-19H2,1-6H3. The predicted molar refractivity (Wildman–Crippen MR) is 122 cm³/mol. The molecule has 0 N–H and O–H groups in total. The molecule has 4 aliphatic rings. The average Bonchev–Trinajstić information content (AvgIpc) is 3.07. The van der Waals surface area contributed by atoms with Gasteiger partial charge in [0.05, 0.1) is 0 Å². The molecule has 0 heterocycles. The highest BCUT2D eigenvalue weighted by molar-refractivity contribution is 5.22. The van der Waals surface area contributed by atoms with Crippen LogP contribution in [0.3, 0.4) is 0 Å². The van der Waals surface area contributed by atoms with Gasteiger partial charge in [-0.3, -0.25) is 0 Å². The van der Waals surface area contributed by atoms with E-state index in [9.17, 15) is 0 Å². The van der Waals surface area contributed by atoms with Gasteiger partial charge in [0.25, 0.3) is 0 Å². The molecule has 0 radical (unpaired) electrons. The van der Waals surface area contributed by atoms with Crippen LogP contribution in [0.5, 0.6) is 0 Å². The second kappa shape index (κ2) is 7.60. The predicted octanol–water partition coefficient (Wildman–Crippen LogP) is 8.89. The molecule has 4 fully saturated rings. The Morgan fingerprint density at radius 1 is 0.929 bits per heavy atom. The lowest BCUT2D eigenvalue weighted by Gasteiger charge is -2.61. The van der Waals surface area contributed by atoms with Crippen molar-refractivity contribution in [1.82, 2.24) is 0 Å². The van der Waals surface area contributed by atoms with Crippen molar-refractivity contribution >= 4 is 0 Å². The summed E-state index contributed by atoms with van der Waals surface area (Å²) in [7, 11) is 0. The maximum atomic E-state index is 2.81. The third-order valence-electron chi connectivity index (χ3n) is 11.1. The fourth-order valence-corrected chi connectivity index (χ4v) is 10.1. The van der Waals surface area contributed by atoms with Gasteiger partial charge in [0.2, 0.25) is 0 Å². The Morgan fingerprint density at radius 3 is 2.29 bits per heavy atom. The van der Waals surface area contributed by atoms with Crippen molar-refractivity contribution < 1.29 is 0 Å². The molecule has 0 aromatic rings. The van der Waals surface area contributed by atoms with Gasteiger partial charge in [0.15, 0.2) is 0 Å². The van der Waals surface area contributed by atoms with E-state index in [-0.39, 0.29) is 0 Å². The summed E-state index contributed by atoms with van der Waals surface area (Å²) in [6, 6.07) is 0. The highest BCUT2D eigenvalue weighted by Gasteiger charge is 2.74. The highest BCUT2D eigenvalue weighted by Crippen LogP contribution is 2.81. The van der Waals surface area contributed by atoms with E-state index in [1.165, 1.54) is 51.4 Å². The molecule has 0 nitrogen and oxygen atoms in total. The van der Waals surface area contributed by atoms with E-state index in [0.29, 0.717) is 16.2 Å². The van der Waals surface area contributed by atoms with Crippen molar-refractivity contribution in [2.45, 2.75) is 125 Å². The summed E-state index contributed by atoms with van der Waals surface area (Å²) >= 11 is 0. The van der Waals surface area contributed by atoms with E-state index < -0.39 is 0 Å². The van der Waals surface area contributed by atoms with Crippen molar-refractivity contribution in [2.24, 2.45) is 51.8 Å². The van der Waals surface area contributed by atoms with Crippen LogP contribution in [0, 0.1) is 51.8 Å². The fourth-order valence-electron chi connectivity index (χ4n) is 10.1. The zero-order valence-electron chi connectivity index (χ0n) is 20.2. The van der Waals surface area contributed by atoms with Gasteiger partial charge < -0.3 is 0 Å². The molecule has 162 valence electrons. The first kappa shape index (κ1) is 21.2. The van der Waals surface area contributed by atoms with Crippen LogP contribution in [0.4, 0.5) is 0 Å². The topological polar surface area (TPSA) is 0 Å². The van der Waals surface area contributed by atoms with Gasteiger partial charge in [0, 0.05) is 0 Å². The molecule has 0 heteroatoms. The fraction of sp³-hybridized carbons (Fsp3) is 1.00. The summed E-state index contributed by atoms with van der Waals surface area (Å²) in [5.74, 6) is 6.05. The Bertz CT molecular complexity index is 550. The maximum absolute atomic E-state index is 2.81. The van der Waals surface area contributed by atoms with Crippen molar-refractivity contribution in [2.75, 3.05) is 0 Å². The minimum Gasteiger partial charge on any atom is -0.0654 e. The Morgan fingerprint density at radius 2 is 1.68 bits per heavy atom. The second-order valence-electron chi connectivity index (χ2n) is 13.0. The Labute approximate surface area is 177 Å². The highest BCUT2D eigenvalue weighted by atomic mass is 14.8. The summed E-state index contributed by atoms with van der Waals surface area (Å²) in [5, 5.41) is 0. The van der Waals surface area contributed by atoms with Gasteiger partial charge in [-0.05, 0) is 90.3 Å². The molecular formula is C28H50. The zero-order chi connectivity index (χ0) is 20.2. The minimum absolute atomic E-state index is 0.653. The molecular weight excluding hydrogens is 336 g/mol. The molecule has 4 aliphatic carbocycles. The quantitative estimate of drug-likeness (QED) is 0.390. The van der Waals surface area contributed by atoms with E-state index in [2.05, 4.69) is 41.5 Å². The van der Waals surface area contributed by atoms with Crippen molar-refractivity contribution in [3.63, 3.8) is 0 Å². The van der Waals surface area contributed by atoms with Crippen molar-refractivity contribution in [3.05, 3.63) is 0 Å². The van der Waals surface area contributed by atoms with Gasteiger partial charge >= 0.3 is 0 Å². The number of rotatable bonds is 8. The molecule has 4 saturated carbocycles. The van der Waals surface area contributed by atoms with Gasteiger partial charge in [-0.2, -0.15) is 0 Å². The summed E-state index contributed by atoms with van der Waals surface area (Å²) in [4.78, 5) is 0. The van der Waals surface area contributed by atoms with Crippen LogP contribution in [-0.2, 0) is 0 Å². The Hall–Kier alpha value is 0. The van der Waals surface area contributed by atoms with Gasteiger partial charge in [-0.15, -0.1) is 0 Å². The number of hydrogen-bond acceptors (Lipinski definition) is 0. The van der Waals surface area contributed by atoms with Gasteiger partial charge in [-0.25, -0.2) is 0 Å². The maximum Gasteiger partial charge on any atom is -0.0202 e. The Balaban J connectivity index is 1.42. The lowest BCUT2D eigenvalue weighted by molar-refractivity contribution is -0.132. The van der Waals surface area contributed by atoms with Crippen LogP contribution in [-0.4, -0.2) is 0 Å². The largest absolute Gasteiger partial charge is 0.0654 e. The first-order chi connectivity index (χ1) is 13.3. The van der Waals surface area contributed by atoms with Crippen molar-refractivity contribution in [1.29, 1.82) is 0 Å². The van der Waals surface area contributed by atoms with Crippen LogP contribution >= 0.6 is 0 Å². The van der Waals surface area contributed by atoms with E-state index in [1.54, 1.807) is 32.1 Å². The molecule has 0 aliphatic heterocycles. The average molecular weight is 387 g/mol. The molecule has 0 bridgehead atoms. The minimum atomic E-state index is 0.653.